The largest absolute Gasteiger partial charge is 0.346 e. The van der Waals surface area contributed by atoms with E-state index in [1.54, 1.807) is 29.5 Å². The summed E-state index contributed by atoms with van der Waals surface area (Å²) in [5.41, 5.74) is 3.94. The van der Waals surface area contributed by atoms with Gasteiger partial charge in [0, 0.05) is 4.88 Å². The highest BCUT2D eigenvalue weighted by Gasteiger charge is 2.08. The maximum absolute atomic E-state index is 11.9. The number of nitrogens with one attached hydrogen (secondary N) is 2. The van der Waals surface area contributed by atoms with Gasteiger partial charge in [0.15, 0.2) is 0 Å². The molecule has 0 unspecified atom stereocenters. The molecule has 2 heterocycles. The molecule has 0 aliphatic heterocycles. The highest BCUT2D eigenvalue weighted by atomic mass is 32.1. The fourth-order valence-corrected chi connectivity index (χ4v) is 2.32. The third-order valence-electron chi connectivity index (χ3n) is 2.51. The molecular weight excluding hydrogens is 248 g/mol. The van der Waals surface area contributed by atoms with Gasteiger partial charge in [-0.15, -0.1) is 11.3 Å². The molecule has 0 bridgehead atoms. The van der Waals surface area contributed by atoms with Gasteiger partial charge in [-0.1, -0.05) is 6.07 Å². The first-order valence-electron chi connectivity index (χ1n) is 5.45. The van der Waals surface area contributed by atoms with Gasteiger partial charge in [-0.05, 0) is 36.1 Å². The smallest absolute Gasteiger partial charge is 0.270 e. The summed E-state index contributed by atoms with van der Waals surface area (Å²) in [5.74, 6) is 5.51. The van der Waals surface area contributed by atoms with Gasteiger partial charge in [-0.25, -0.2) is 10.8 Å². The van der Waals surface area contributed by atoms with Crippen LogP contribution in [0.2, 0.25) is 0 Å². The van der Waals surface area contributed by atoms with Gasteiger partial charge in [0.2, 0.25) is 0 Å². The van der Waals surface area contributed by atoms with Crippen molar-refractivity contribution in [2.24, 2.45) is 5.84 Å². The minimum atomic E-state index is -0.208. The number of hydrazine groups is 1. The number of thiophene rings is 1. The molecule has 0 spiro atoms. The van der Waals surface area contributed by atoms with E-state index in [-0.39, 0.29) is 5.91 Å². The summed E-state index contributed by atoms with van der Waals surface area (Å²) in [5, 5.41) is 4.84. The molecule has 2 rings (SSSR count). The van der Waals surface area contributed by atoms with Crippen LogP contribution in [0.1, 0.15) is 20.9 Å². The van der Waals surface area contributed by atoms with E-state index >= 15 is 0 Å². The quantitative estimate of drug-likeness (QED) is 0.578. The van der Waals surface area contributed by atoms with Gasteiger partial charge < -0.3 is 10.7 Å². The van der Waals surface area contributed by atoms with E-state index in [4.69, 9.17) is 5.84 Å². The summed E-state index contributed by atoms with van der Waals surface area (Å²) in [4.78, 5) is 17.1. The number of carbonyl (C=O) groups is 1. The van der Waals surface area contributed by atoms with Crippen molar-refractivity contribution in [1.29, 1.82) is 0 Å². The Morgan fingerprint density at radius 3 is 2.94 bits per heavy atom. The van der Waals surface area contributed by atoms with Gasteiger partial charge in [0.25, 0.3) is 5.91 Å². The van der Waals surface area contributed by atoms with Crippen LogP contribution in [0.3, 0.4) is 0 Å². The lowest BCUT2D eigenvalue weighted by atomic mass is 10.3. The first-order chi connectivity index (χ1) is 8.70. The molecule has 6 heteroatoms. The Morgan fingerprint density at radius 1 is 1.44 bits per heavy atom. The van der Waals surface area contributed by atoms with Gasteiger partial charge in [0.1, 0.15) is 11.5 Å². The maximum Gasteiger partial charge on any atom is 0.270 e. The van der Waals surface area contributed by atoms with Gasteiger partial charge in [-0.2, -0.15) is 0 Å². The molecule has 1 amide bonds. The van der Waals surface area contributed by atoms with Crippen molar-refractivity contribution >= 4 is 23.1 Å². The Hall–Kier alpha value is -1.92. The second kappa shape index (κ2) is 5.61. The van der Waals surface area contributed by atoms with E-state index < -0.39 is 0 Å². The standard InChI is InChI=1S/C12H14N4OS/c1-8-5-6-18-10(8)7-14-12(17)9-3-2-4-11(15-9)16-13/h2-6H,7,13H2,1H3,(H,14,17)(H,15,16). The Kier molecular flexibility index (Phi) is 3.91. The topological polar surface area (TPSA) is 80.0 Å². The number of nitrogen functional groups attached to an aromatic ring is 1. The van der Waals surface area contributed by atoms with Crippen molar-refractivity contribution < 1.29 is 4.79 Å². The predicted molar refractivity (Wildman–Crippen MR) is 72.3 cm³/mol. The number of carbonyl (C=O) groups excluding carboxylic acids is 1. The zero-order valence-electron chi connectivity index (χ0n) is 9.93. The van der Waals surface area contributed by atoms with Crippen molar-refractivity contribution in [3.63, 3.8) is 0 Å². The number of aromatic nitrogens is 1. The lowest BCUT2D eigenvalue weighted by Gasteiger charge is -2.05. The molecule has 2 aromatic rings. The molecule has 0 aromatic carbocycles. The summed E-state index contributed by atoms with van der Waals surface area (Å²) < 4.78 is 0. The monoisotopic (exact) mass is 262 g/mol. The van der Waals surface area contributed by atoms with E-state index in [2.05, 4.69) is 15.7 Å². The van der Waals surface area contributed by atoms with Crippen LogP contribution in [0.4, 0.5) is 5.82 Å². The Labute approximate surface area is 109 Å². The number of anilines is 1. The molecule has 0 aliphatic rings. The number of rotatable bonds is 4. The minimum absolute atomic E-state index is 0.208. The van der Waals surface area contributed by atoms with Crippen molar-refractivity contribution in [3.05, 3.63) is 45.8 Å². The normalized spacial score (nSPS) is 10.1. The van der Waals surface area contributed by atoms with Gasteiger partial charge >= 0.3 is 0 Å². The molecule has 0 saturated carbocycles. The Morgan fingerprint density at radius 2 is 2.28 bits per heavy atom. The molecule has 5 nitrogen and oxygen atoms in total. The number of hydrogen-bond donors (Lipinski definition) is 3. The van der Waals surface area contributed by atoms with Crippen molar-refractivity contribution in [3.8, 4) is 0 Å². The van der Waals surface area contributed by atoms with Crippen LogP contribution in [-0.2, 0) is 6.54 Å². The second-order valence-electron chi connectivity index (χ2n) is 3.76. The highest BCUT2D eigenvalue weighted by Crippen LogP contribution is 2.15. The fraction of sp³-hybridized carbons (Fsp3) is 0.167. The lowest BCUT2D eigenvalue weighted by Crippen LogP contribution is -2.24. The molecule has 18 heavy (non-hydrogen) atoms. The third kappa shape index (κ3) is 2.85. The summed E-state index contributed by atoms with van der Waals surface area (Å²) in [6.45, 7) is 2.54. The zero-order valence-corrected chi connectivity index (χ0v) is 10.8. The van der Waals surface area contributed by atoms with Gasteiger partial charge in [-0.3, -0.25) is 4.79 Å². The summed E-state index contributed by atoms with van der Waals surface area (Å²) >= 11 is 1.63. The average molecular weight is 262 g/mol. The molecule has 94 valence electrons. The van der Waals surface area contributed by atoms with E-state index in [1.165, 1.54) is 5.56 Å². The van der Waals surface area contributed by atoms with E-state index in [1.807, 2.05) is 18.4 Å². The molecule has 0 saturated heterocycles. The van der Waals surface area contributed by atoms with E-state index in [0.29, 0.717) is 18.1 Å². The molecule has 4 N–H and O–H groups in total. The molecule has 0 radical (unpaired) electrons. The van der Waals surface area contributed by atoms with Crippen LogP contribution in [0.5, 0.6) is 0 Å². The Bertz CT molecular complexity index is 553. The predicted octanol–water partition coefficient (Wildman–Crippen LogP) is 1.67. The molecule has 2 aromatic heterocycles. The second-order valence-corrected chi connectivity index (χ2v) is 4.76. The first-order valence-corrected chi connectivity index (χ1v) is 6.33. The van der Waals surface area contributed by atoms with Crippen molar-refractivity contribution in [1.82, 2.24) is 10.3 Å². The van der Waals surface area contributed by atoms with Crippen LogP contribution in [-0.4, -0.2) is 10.9 Å². The number of pyridine rings is 1. The van der Waals surface area contributed by atoms with E-state index in [0.717, 1.165) is 4.88 Å². The zero-order chi connectivity index (χ0) is 13.0. The molecular formula is C12H14N4OS. The number of aryl methyl sites for hydroxylation is 1. The number of nitrogens with zero attached hydrogens (tertiary/aromatic N) is 1. The van der Waals surface area contributed by atoms with Crippen LogP contribution in [0.15, 0.2) is 29.6 Å². The van der Waals surface area contributed by atoms with Crippen LogP contribution in [0, 0.1) is 6.92 Å². The van der Waals surface area contributed by atoms with Crippen molar-refractivity contribution in [2.75, 3.05) is 5.43 Å². The highest BCUT2D eigenvalue weighted by molar-refractivity contribution is 7.10. The third-order valence-corrected chi connectivity index (χ3v) is 3.53. The lowest BCUT2D eigenvalue weighted by molar-refractivity contribution is 0.0946. The van der Waals surface area contributed by atoms with Crippen LogP contribution < -0.4 is 16.6 Å². The Balaban J connectivity index is 2.01. The number of amides is 1. The SMILES string of the molecule is Cc1ccsc1CNC(=O)c1cccc(NN)n1. The molecule has 0 atom stereocenters. The average Bonchev–Trinajstić information content (AvgIpc) is 2.81. The maximum atomic E-state index is 11.9. The summed E-state index contributed by atoms with van der Waals surface area (Å²) in [7, 11) is 0. The minimum Gasteiger partial charge on any atom is -0.346 e. The molecule has 0 aliphatic carbocycles. The van der Waals surface area contributed by atoms with Crippen LogP contribution in [0.25, 0.3) is 0 Å². The van der Waals surface area contributed by atoms with E-state index in [9.17, 15) is 4.79 Å². The number of hydrogen-bond acceptors (Lipinski definition) is 5. The fourth-order valence-electron chi connectivity index (χ4n) is 1.48. The number of nitrogens with two attached hydrogens (primary N) is 1. The van der Waals surface area contributed by atoms with Crippen molar-refractivity contribution in [2.45, 2.75) is 13.5 Å². The van der Waals surface area contributed by atoms with Gasteiger partial charge in [0.05, 0.1) is 6.54 Å². The summed E-state index contributed by atoms with van der Waals surface area (Å²) in [6, 6.07) is 7.11. The first kappa shape index (κ1) is 12.5. The van der Waals surface area contributed by atoms with Crippen LogP contribution >= 0.6 is 11.3 Å². The summed E-state index contributed by atoms with van der Waals surface area (Å²) in [6.07, 6.45) is 0. The molecule has 0 fully saturated rings.